The first-order valence-corrected chi connectivity index (χ1v) is 8.54. The lowest BCUT2D eigenvalue weighted by molar-refractivity contribution is -0.111. The van der Waals surface area contributed by atoms with Gasteiger partial charge in [-0.2, -0.15) is 0 Å². The Labute approximate surface area is 157 Å². The van der Waals surface area contributed by atoms with Crippen LogP contribution in [0.2, 0.25) is 0 Å². The molecule has 0 saturated heterocycles. The molecule has 27 heavy (non-hydrogen) atoms. The van der Waals surface area contributed by atoms with Crippen LogP contribution >= 0.6 is 0 Å². The molecule has 2 aromatic carbocycles. The highest BCUT2D eigenvalue weighted by atomic mass is 16.3. The van der Waals surface area contributed by atoms with Gasteiger partial charge in [0, 0.05) is 19.7 Å². The van der Waals surface area contributed by atoms with Gasteiger partial charge in [0.1, 0.15) is 5.76 Å². The van der Waals surface area contributed by atoms with E-state index < -0.39 is 0 Å². The fourth-order valence-electron chi connectivity index (χ4n) is 2.63. The van der Waals surface area contributed by atoms with Gasteiger partial charge >= 0.3 is 0 Å². The highest BCUT2D eigenvalue weighted by Gasteiger charge is 2.16. The van der Waals surface area contributed by atoms with E-state index in [1.807, 2.05) is 30.3 Å². The van der Waals surface area contributed by atoms with E-state index in [1.165, 1.54) is 12.3 Å². The topological polar surface area (TPSA) is 62.6 Å². The molecule has 0 aliphatic carbocycles. The van der Waals surface area contributed by atoms with Crippen molar-refractivity contribution in [2.75, 3.05) is 12.4 Å². The van der Waals surface area contributed by atoms with Crippen LogP contribution in [0.1, 0.15) is 21.7 Å². The predicted octanol–water partition coefficient (Wildman–Crippen LogP) is 4.20. The first kappa shape index (κ1) is 18.2. The van der Waals surface area contributed by atoms with Crippen LogP contribution < -0.4 is 5.32 Å². The van der Waals surface area contributed by atoms with Gasteiger partial charge in [-0.3, -0.25) is 9.59 Å². The van der Waals surface area contributed by atoms with Gasteiger partial charge in [-0.05, 0) is 35.9 Å². The number of rotatable bonds is 6. The molecule has 5 nitrogen and oxygen atoms in total. The minimum Gasteiger partial charge on any atom is -0.465 e. The van der Waals surface area contributed by atoms with E-state index in [-0.39, 0.29) is 11.8 Å². The van der Waals surface area contributed by atoms with Crippen molar-refractivity contribution >= 4 is 23.6 Å². The van der Waals surface area contributed by atoms with E-state index in [0.29, 0.717) is 23.6 Å². The fraction of sp³-hybridized carbons (Fsp3) is 0.0909. The lowest BCUT2D eigenvalue weighted by atomic mass is 10.1. The second kappa shape index (κ2) is 8.67. The number of para-hydroxylation sites is 1. The Hall–Kier alpha value is -3.60. The summed E-state index contributed by atoms with van der Waals surface area (Å²) in [5.41, 5.74) is 1.95. The molecule has 5 heteroatoms. The third-order valence-electron chi connectivity index (χ3n) is 3.97. The largest absolute Gasteiger partial charge is 0.465 e. The highest BCUT2D eigenvalue weighted by Crippen LogP contribution is 2.18. The Bertz CT molecular complexity index is 931. The van der Waals surface area contributed by atoms with Crippen molar-refractivity contribution in [3.63, 3.8) is 0 Å². The van der Waals surface area contributed by atoms with Gasteiger partial charge in [-0.25, -0.2) is 0 Å². The first-order valence-electron chi connectivity index (χ1n) is 8.54. The van der Waals surface area contributed by atoms with Gasteiger partial charge in [-0.15, -0.1) is 0 Å². The quantitative estimate of drug-likeness (QED) is 0.670. The number of carbonyl (C=O) groups excluding carboxylic acids is 2. The molecule has 0 radical (unpaired) electrons. The Kier molecular flexibility index (Phi) is 5.84. The van der Waals surface area contributed by atoms with Crippen molar-refractivity contribution in [3.05, 3.63) is 96.0 Å². The summed E-state index contributed by atoms with van der Waals surface area (Å²) in [5.74, 6) is 0.0826. The minimum absolute atomic E-state index is 0.162. The summed E-state index contributed by atoms with van der Waals surface area (Å²) in [6.07, 6.45) is 4.48. The molecule has 0 aliphatic rings. The lowest BCUT2D eigenvalue weighted by Gasteiger charge is -2.19. The smallest absolute Gasteiger partial charge is 0.256 e. The number of nitrogens with one attached hydrogen (secondary N) is 1. The average Bonchev–Trinajstić information content (AvgIpc) is 3.21. The van der Waals surface area contributed by atoms with E-state index in [2.05, 4.69) is 5.32 Å². The molecule has 0 aliphatic heterocycles. The van der Waals surface area contributed by atoms with Crippen LogP contribution in [-0.2, 0) is 11.3 Å². The second-order valence-electron chi connectivity index (χ2n) is 6.03. The molecular formula is C22H20N2O3. The van der Waals surface area contributed by atoms with Crippen LogP contribution in [-0.4, -0.2) is 23.8 Å². The maximum absolute atomic E-state index is 12.8. The molecule has 136 valence electrons. The van der Waals surface area contributed by atoms with Crippen molar-refractivity contribution in [1.29, 1.82) is 0 Å². The molecule has 2 amide bonds. The molecule has 1 N–H and O–H groups in total. The molecular weight excluding hydrogens is 340 g/mol. The van der Waals surface area contributed by atoms with E-state index in [1.54, 1.807) is 54.4 Å². The fourth-order valence-corrected chi connectivity index (χ4v) is 2.63. The molecule has 3 rings (SSSR count). The van der Waals surface area contributed by atoms with Crippen molar-refractivity contribution in [3.8, 4) is 0 Å². The Morgan fingerprint density at radius 2 is 1.74 bits per heavy atom. The monoisotopic (exact) mass is 360 g/mol. The zero-order chi connectivity index (χ0) is 19.1. The summed E-state index contributed by atoms with van der Waals surface area (Å²) < 4.78 is 5.16. The molecule has 0 spiro atoms. The SMILES string of the molecule is CN(Cc1ccccc1)C(=O)c1ccccc1NC(=O)/C=C/c1ccco1. The van der Waals surface area contributed by atoms with E-state index in [4.69, 9.17) is 4.42 Å². The minimum atomic E-state index is -0.336. The predicted molar refractivity (Wildman–Crippen MR) is 105 cm³/mol. The normalized spacial score (nSPS) is 10.7. The van der Waals surface area contributed by atoms with Crippen LogP contribution in [0.3, 0.4) is 0 Å². The van der Waals surface area contributed by atoms with Gasteiger partial charge in [0.15, 0.2) is 0 Å². The summed E-state index contributed by atoms with van der Waals surface area (Å²) in [6.45, 7) is 0.486. The lowest BCUT2D eigenvalue weighted by Crippen LogP contribution is -2.27. The Morgan fingerprint density at radius 3 is 2.48 bits per heavy atom. The van der Waals surface area contributed by atoms with Gasteiger partial charge in [-0.1, -0.05) is 42.5 Å². The van der Waals surface area contributed by atoms with Crippen LogP contribution in [0.4, 0.5) is 5.69 Å². The zero-order valence-corrected chi connectivity index (χ0v) is 15.0. The number of hydrogen-bond acceptors (Lipinski definition) is 3. The third kappa shape index (κ3) is 4.95. The Morgan fingerprint density at radius 1 is 1.00 bits per heavy atom. The van der Waals surface area contributed by atoms with Crippen molar-refractivity contribution in [2.45, 2.75) is 6.54 Å². The van der Waals surface area contributed by atoms with E-state index in [0.717, 1.165) is 5.56 Å². The number of furan rings is 1. The number of nitrogens with zero attached hydrogens (tertiary/aromatic N) is 1. The van der Waals surface area contributed by atoms with Gasteiger partial charge in [0.05, 0.1) is 17.5 Å². The van der Waals surface area contributed by atoms with Gasteiger partial charge < -0.3 is 14.6 Å². The number of hydrogen-bond donors (Lipinski definition) is 1. The van der Waals surface area contributed by atoms with E-state index in [9.17, 15) is 9.59 Å². The molecule has 0 atom stereocenters. The molecule has 1 heterocycles. The maximum Gasteiger partial charge on any atom is 0.256 e. The number of benzene rings is 2. The molecule has 0 fully saturated rings. The second-order valence-corrected chi connectivity index (χ2v) is 6.03. The number of amides is 2. The molecule has 3 aromatic rings. The van der Waals surface area contributed by atoms with Crippen molar-refractivity contribution in [2.24, 2.45) is 0 Å². The molecule has 1 aromatic heterocycles. The molecule has 0 saturated carbocycles. The third-order valence-corrected chi connectivity index (χ3v) is 3.97. The van der Waals surface area contributed by atoms with Crippen LogP contribution in [0.25, 0.3) is 6.08 Å². The molecule has 0 bridgehead atoms. The zero-order valence-electron chi connectivity index (χ0n) is 15.0. The summed E-state index contributed by atoms with van der Waals surface area (Å²) in [4.78, 5) is 26.6. The van der Waals surface area contributed by atoms with E-state index >= 15 is 0 Å². The van der Waals surface area contributed by atoms with Gasteiger partial charge in [0.2, 0.25) is 5.91 Å². The highest BCUT2D eigenvalue weighted by molar-refractivity contribution is 6.07. The summed E-state index contributed by atoms with van der Waals surface area (Å²) >= 11 is 0. The Balaban J connectivity index is 1.71. The van der Waals surface area contributed by atoms with Gasteiger partial charge in [0.25, 0.3) is 5.91 Å². The van der Waals surface area contributed by atoms with Crippen LogP contribution in [0.15, 0.2) is 83.5 Å². The first-order chi connectivity index (χ1) is 13.1. The number of anilines is 1. The van der Waals surface area contributed by atoms with Crippen LogP contribution in [0, 0.1) is 0 Å². The summed E-state index contributed by atoms with van der Waals surface area (Å²) in [7, 11) is 1.74. The van der Waals surface area contributed by atoms with Crippen LogP contribution in [0.5, 0.6) is 0 Å². The van der Waals surface area contributed by atoms with Crippen molar-refractivity contribution in [1.82, 2.24) is 4.90 Å². The summed E-state index contributed by atoms with van der Waals surface area (Å²) in [6, 6.07) is 20.2. The summed E-state index contributed by atoms with van der Waals surface area (Å²) in [5, 5.41) is 2.76. The molecule has 0 unspecified atom stereocenters. The average molecular weight is 360 g/mol. The standard InChI is InChI=1S/C22H20N2O3/c1-24(16-17-8-3-2-4-9-17)22(26)19-11-5-6-12-20(19)23-21(25)14-13-18-10-7-15-27-18/h2-15H,16H2,1H3,(H,23,25)/b14-13+. The van der Waals surface area contributed by atoms with Crippen molar-refractivity contribution < 1.29 is 14.0 Å². The maximum atomic E-state index is 12.8. The number of carbonyl (C=O) groups is 2.